The Morgan fingerprint density at radius 1 is 1.04 bits per heavy atom. The van der Waals surface area contributed by atoms with Gasteiger partial charge < -0.3 is 4.42 Å². The van der Waals surface area contributed by atoms with Gasteiger partial charge in [-0.1, -0.05) is 37.3 Å². The van der Waals surface area contributed by atoms with Crippen LogP contribution in [0, 0.1) is 0 Å². The van der Waals surface area contributed by atoms with Crippen LogP contribution in [-0.4, -0.2) is 23.0 Å². The van der Waals surface area contributed by atoms with Gasteiger partial charge in [0.15, 0.2) is 5.76 Å². The number of aromatic nitrogens is 1. The second kappa shape index (κ2) is 5.71. The molecule has 124 valence electrons. The van der Waals surface area contributed by atoms with Crippen molar-refractivity contribution in [3.8, 4) is 11.5 Å². The second-order valence-electron chi connectivity index (χ2n) is 6.69. The van der Waals surface area contributed by atoms with Crippen molar-refractivity contribution in [3.63, 3.8) is 0 Å². The van der Waals surface area contributed by atoms with E-state index in [9.17, 15) is 0 Å². The molecule has 3 heterocycles. The Balaban J connectivity index is 1.89. The molecule has 0 radical (unpaired) electrons. The summed E-state index contributed by atoms with van der Waals surface area (Å²) < 4.78 is 5.71. The predicted molar refractivity (Wildman–Crippen MR) is 102 cm³/mol. The number of hydrogen-bond acceptors (Lipinski definition) is 3. The van der Waals surface area contributed by atoms with Gasteiger partial charge in [0.25, 0.3) is 0 Å². The minimum atomic E-state index is 0.865. The Bertz CT molecular complexity index is 1070. The molecule has 4 aromatic rings. The maximum Gasteiger partial charge on any atom is 0.152 e. The highest BCUT2D eigenvalue weighted by molar-refractivity contribution is 6.09. The van der Waals surface area contributed by atoms with E-state index in [0.29, 0.717) is 0 Å². The molecule has 0 saturated heterocycles. The summed E-state index contributed by atoms with van der Waals surface area (Å²) in [4.78, 5) is 7.51. The van der Waals surface area contributed by atoms with Gasteiger partial charge in [-0.2, -0.15) is 0 Å². The zero-order chi connectivity index (χ0) is 16.8. The van der Waals surface area contributed by atoms with Crippen LogP contribution in [0.1, 0.15) is 18.1 Å². The predicted octanol–water partition coefficient (Wildman–Crippen LogP) is 5.03. The Hall–Kier alpha value is -2.65. The van der Waals surface area contributed by atoms with E-state index in [1.54, 1.807) is 6.26 Å². The molecule has 0 unspecified atom stereocenters. The summed E-state index contributed by atoms with van der Waals surface area (Å²) >= 11 is 0. The molecular weight excluding hydrogens is 308 g/mol. The standard InChI is InChI=1S/C22H20N2O/c1-2-24-12-11-17-18(14-24)22(20-8-5-13-25-20)23-19-10-9-15-6-3-4-7-16(15)21(17)19/h3-10,13H,2,11-12,14H2,1H3. The molecule has 5 rings (SSSR count). The minimum Gasteiger partial charge on any atom is -0.463 e. The highest BCUT2D eigenvalue weighted by atomic mass is 16.3. The van der Waals surface area contributed by atoms with Gasteiger partial charge >= 0.3 is 0 Å². The lowest BCUT2D eigenvalue weighted by molar-refractivity contribution is 0.269. The number of fused-ring (bicyclic) bond motifs is 5. The Morgan fingerprint density at radius 3 is 2.80 bits per heavy atom. The van der Waals surface area contributed by atoms with Crippen molar-refractivity contribution in [2.75, 3.05) is 13.1 Å². The summed E-state index contributed by atoms with van der Waals surface area (Å²) in [5, 5.41) is 3.90. The maximum atomic E-state index is 5.71. The Morgan fingerprint density at radius 2 is 1.96 bits per heavy atom. The number of benzene rings is 2. The van der Waals surface area contributed by atoms with Crippen molar-refractivity contribution in [2.45, 2.75) is 19.9 Å². The van der Waals surface area contributed by atoms with E-state index in [2.05, 4.69) is 48.2 Å². The van der Waals surface area contributed by atoms with Crippen molar-refractivity contribution >= 4 is 21.7 Å². The van der Waals surface area contributed by atoms with Gasteiger partial charge in [0, 0.05) is 18.5 Å². The SMILES string of the molecule is CCN1CCc2c(c(-c3ccco3)nc3ccc4ccccc4c23)C1. The van der Waals surface area contributed by atoms with Crippen LogP contribution >= 0.6 is 0 Å². The molecule has 0 atom stereocenters. The molecule has 0 bridgehead atoms. The van der Waals surface area contributed by atoms with Crippen LogP contribution in [0.2, 0.25) is 0 Å². The van der Waals surface area contributed by atoms with E-state index in [4.69, 9.17) is 9.40 Å². The fourth-order valence-corrected chi connectivity index (χ4v) is 4.06. The zero-order valence-electron chi connectivity index (χ0n) is 14.3. The third-order valence-electron chi connectivity index (χ3n) is 5.35. The van der Waals surface area contributed by atoms with Crippen LogP contribution in [0.25, 0.3) is 33.1 Å². The number of likely N-dealkylation sites (N-methyl/N-ethyl adjacent to an activating group) is 1. The average molecular weight is 328 g/mol. The quantitative estimate of drug-likeness (QED) is 0.484. The molecule has 0 aliphatic carbocycles. The average Bonchev–Trinajstić information content (AvgIpc) is 3.21. The largest absolute Gasteiger partial charge is 0.463 e. The Kier molecular flexibility index (Phi) is 3.35. The first kappa shape index (κ1) is 14.7. The summed E-state index contributed by atoms with van der Waals surface area (Å²) in [5.41, 5.74) is 4.83. The van der Waals surface area contributed by atoms with Gasteiger partial charge in [-0.25, -0.2) is 4.98 Å². The summed E-state index contributed by atoms with van der Waals surface area (Å²) in [6.45, 7) is 5.32. The first-order chi connectivity index (χ1) is 12.3. The number of hydrogen-bond donors (Lipinski definition) is 0. The van der Waals surface area contributed by atoms with Crippen LogP contribution in [0.4, 0.5) is 0 Å². The lowest BCUT2D eigenvalue weighted by Crippen LogP contribution is -2.31. The molecule has 3 nitrogen and oxygen atoms in total. The van der Waals surface area contributed by atoms with E-state index < -0.39 is 0 Å². The maximum absolute atomic E-state index is 5.71. The number of rotatable bonds is 2. The first-order valence-electron chi connectivity index (χ1n) is 8.94. The molecule has 0 amide bonds. The van der Waals surface area contributed by atoms with Crippen LogP contribution in [0.5, 0.6) is 0 Å². The fraction of sp³-hybridized carbons (Fsp3) is 0.227. The van der Waals surface area contributed by atoms with Gasteiger partial charge in [0.1, 0.15) is 5.69 Å². The topological polar surface area (TPSA) is 29.3 Å². The molecule has 0 N–H and O–H groups in total. The lowest BCUT2D eigenvalue weighted by Gasteiger charge is -2.30. The van der Waals surface area contributed by atoms with Crippen molar-refractivity contribution in [2.24, 2.45) is 0 Å². The molecule has 1 aliphatic rings. The van der Waals surface area contributed by atoms with Gasteiger partial charge in [-0.05, 0) is 53.1 Å². The summed E-state index contributed by atoms with van der Waals surface area (Å²) in [6, 6.07) is 16.9. The first-order valence-corrected chi connectivity index (χ1v) is 8.94. The third kappa shape index (κ3) is 2.27. The molecule has 0 spiro atoms. The number of pyridine rings is 1. The molecule has 0 saturated carbocycles. The van der Waals surface area contributed by atoms with Gasteiger partial charge in [0.2, 0.25) is 0 Å². The van der Waals surface area contributed by atoms with Gasteiger partial charge in [-0.15, -0.1) is 0 Å². The molecule has 2 aromatic heterocycles. The van der Waals surface area contributed by atoms with Crippen molar-refractivity contribution < 1.29 is 4.42 Å². The molecule has 0 fully saturated rings. The monoisotopic (exact) mass is 328 g/mol. The van der Waals surface area contributed by atoms with Crippen LogP contribution < -0.4 is 0 Å². The van der Waals surface area contributed by atoms with Crippen LogP contribution in [0.15, 0.2) is 59.2 Å². The van der Waals surface area contributed by atoms with Crippen LogP contribution in [-0.2, 0) is 13.0 Å². The van der Waals surface area contributed by atoms with E-state index in [-0.39, 0.29) is 0 Å². The molecular formula is C22H20N2O. The van der Waals surface area contributed by atoms with Crippen molar-refractivity contribution in [1.82, 2.24) is 9.88 Å². The summed E-state index contributed by atoms with van der Waals surface area (Å²) in [6.07, 6.45) is 2.79. The lowest BCUT2D eigenvalue weighted by atomic mass is 9.90. The van der Waals surface area contributed by atoms with Crippen molar-refractivity contribution in [3.05, 3.63) is 65.9 Å². The molecule has 25 heavy (non-hydrogen) atoms. The second-order valence-corrected chi connectivity index (χ2v) is 6.69. The third-order valence-corrected chi connectivity index (χ3v) is 5.35. The van der Waals surface area contributed by atoms with E-state index in [0.717, 1.165) is 43.0 Å². The Labute approximate surface area is 146 Å². The molecule has 2 aromatic carbocycles. The number of furan rings is 1. The van der Waals surface area contributed by atoms with E-state index in [1.165, 1.54) is 27.3 Å². The zero-order valence-corrected chi connectivity index (χ0v) is 14.3. The summed E-state index contributed by atoms with van der Waals surface area (Å²) in [7, 11) is 0. The van der Waals surface area contributed by atoms with Crippen LogP contribution in [0.3, 0.4) is 0 Å². The highest BCUT2D eigenvalue weighted by Crippen LogP contribution is 2.37. The minimum absolute atomic E-state index is 0.865. The van der Waals surface area contributed by atoms with Gasteiger partial charge in [-0.3, -0.25) is 4.90 Å². The molecule has 1 aliphatic heterocycles. The van der Waals surface area contributed by atoms with E-state index >= 15 is 0 Å². The van der Waals surface area contributed by atoms with Gasteiger partial charge in [0.05, 0.1) is 11.8 Å². The number of nitrogens with zero attached hydrogens (tertiary/aromatic N) is 2. The summed E-state index contributed by atoms with van der Waals surface area (Å²) in [5.74, 6) is 0.865. The van der Waals surface area contributed by atoms with E-state index in [1.807, 2.05) is 12.1 Å². The smallest absolute Gasteiger partial charge is 0.152 e. The van der Waals surface area contributed by atoms with Crippen molar-refractivity contribution in [1.29, 1.82) is 0 Å². The normalized spacial score (nSPS) is 14.9. The highest BCUT2D eigenvalue weighted by Gasteiger charge is 2.24. The fourth-order valence-electron chi connectivity index (χ4n) is 4.06. The molecule has 3 heteroatoms.